The van der Waals surface area contributed by atoms with E-state index in [9.17, 15) is 9.59 Å². The highest BCUT2D eigenvalue weighted by Gasteiger charge is 2.12. The predicted molar refractivity (Wildman–Crippen MR) is 118 cm³/mol. The number of hydrogen-bond acceptors (Lipinski definition) is 5. The van der Waals surface area contributed by atoms with Gasteiger partial charge in [-0.25, -0.2) is 0 Å². The first-order chi connectivity index (χ1) is 15.1. The second-order valence-electron chi connectivity index (χ2n) is 6.78. The molecule has 4 rings (SSSR count). The molecule has 8 heteroatoms. The Morgan fingerprint density at radius 1 is 0.871 bits per heavy atom. The summed E-state index contributed by atoms with van der Waals surface area (Å²) in [4.78, 5) is 26.2. The van der Waals surface area contributed by atoms with Crippen LogP contribution >= 0.6 is 0 Å². The van der Waals surface area contributed by atoms with E-state index in [1.807, 2.05) is 30.3 Å². The van der Waals surface area contributed by atoms with Gasteiger partial charge in [-0.05, 0) is 42.0 Å². The zero-order valence-corrected chi connectivity index (χ0v) is 16.5. The summed E-state index contributed by atoms with van der Waals surface area (Å²) in [7, 11) is 0. The van der Waals surface area contributed by atoms with Crippen LogP contribution in [0.1, 0.15) is 26.4 Å². The molecule has 0 unspecified atom stereocenters. The Labute approximate surface area is 178 Å². The van der Waals surface area contributed by atoms with Crippen molar-refractivity contribution in [2.24, 2.45) is 0 Å². The average molecular weight is 412 g/mol. The summed E-state index contributed by atoms with van der Waals surface area (Å²) in [6.45, 7) is 0.296. The number of anilines is 2. The van der Waals surface area contributed by atoms with E-state index in [1.165, 1.54) is 11.0 Å². The Bertz CT molecular complexity index is 1200. The van der Waals surface area contributed by atoms with Crippen molar-refractivity contribution < 1.29 is 9.59 Å². The number of amides is 2. The Balaban J connectivity index is 1.34. The van der Waals surface area contributed by atoms with Gasteiger partial charge in [0.2, 0.25) is 0 Å². The molecule has 31 heavy (non-hydrogen) atoms. The van der Waals surface area contributed by atoms with Crippen molar-refractivity contribution >= 4 is 23.2 Å². The number of benzene rings is 3. The lowest BCUT2D eigenvalue weighted by molar-refractivity contribution is 0.0944. The van der Waals surface area contributed by atoms with E-state index in [2.05, 4.69) is 20.8 Å². The molecule has 0 radical (unpaired) electrons. The van der Waals surface area contributed by atoms with E-state index in [4.69, 9.17) is 5.73 Å². The minimum absolute atomic E-state index is 0.223. The quantitative estimate of drug-likeness (QED) is 0.421. The lowest BCUT2D eigenvalue weighted by Crippen LogP contribution is -2.23. The Hall–Kier alpha value is -4.46. The van der Waals surface area contributed by atoms with Crippen molar-refractivity contribution in [3.05, 3.63) is 102 Å². The standard InChI is InChI=1S/C23H20N6O2/c24-19-8-4-5-9-20(19)27-22(30)17-12-10-16(11-13-17)14-25-23(31)21-15-26-29(28-21)18-6-2-1-3-7-18/h1-13,15H,14,24H2,(H,25,31)(H,27,30). The molecule has 0 spiro atoms. The summed E-state index contributed by atoms with van der Waals surface area (Å²) in [6, 6.07) is 23.4. The molecule has 0 aliphatic heterocycles. The smallest absolute Gasteiger partial charge is 0.273 e. The largest absolute Gasteiger partial charge is 0.397 e. The molecule has 1 heterocycles. The molecule has 0 fully saturated rings. The van der Waals surface area contributed by atoms with E-state index >= 15 is 0 Å². The topological polar surface area (TPSA) is 115 Å². The number of nitrogens with two attached hydrogens (primary N) is 1. The van der Waals surface area contributed by atoms with Crippen LogP contribution in [0, 0.1) is 0 Å². The number of carbonyl (C=O) groups is 2. The molecule has 0 atom stereocenters. The van der Waals surface area contributed by atoms with Crippen LogP contribution in [0.3, 0.4) is 0 Å². The van der Waals surface area contributed by atoms with Gasteiger partial charge in [0, 0.05) is 12.1 Å². The van der Waals surface area contributed by atoms with E-state index in [1.54, 1.807) is 48.5 Å². The fraction of sp³-hybridized carbons (Fsp3) is 0.0435. The number of carbonyl (C=O) groups excluding carboxylic acids is 2. The first-order valence-electron chi connectivity index (χ1n) is 9.61. The molecule has 4 aromatic rings. The molecule has 1 aromatic heterocycles. The van der Waals surface area contributed by atoms with E-state index in [-0.39, 0.29) is 17.5 Å². The van der Waals surface area contributed by atoms with Crippen LogP contribution in [0.25, 0.3) is 5.69 Å². The lowest BCUT2D eigenvalue weighted by atomic mass is 10.1. The minimum Gasteiger partial charge on any atom is -0.397 e. The second-order valence-corrected chi connectivity index (χ2v) is 6.78. The molecule has 0 saturated carbocycles. The maximum Gasteiger partial charge on any atom is 0.273 e. The van der Waals surface area contributed by atoms with Gasteiger partial charge in [-0.2, -0.15) is 9.90 Å². The van der Waals surface area contributed by atoms with Gasteiger partial charge in [-0.15, -0.1) is 5.10 Å². The Kier molecular flexibility index (Phi) is 5.70. The van der Waals surface area contributed by atoms with Gasteiger partial charge < -0.3 is 16.4 Å². The fourth-order valence-electron chi connectivity index (χ4n) is 2.91. The summed E-state index contributed by atoms with van der Waals surface area (Å²) in [6.07, 6.45) is 1.42. The van der Waals surface area contributed by atoms with Gasteiger partial charge in [0.1, 0.15) is 0 Å². The Morgan fingerprint density at radius 3 is 2.32 bits per heavy atom. The third-order valence-electron chi connectivity index (χ3n) is 4.59. The maximum atomic E-state index is 12.4. The molecule has 2 amide bonds. The predicted octanol–water partition coefficient (Wildman–Crippen LogP) is 3.03. The zero-order valence-electron chi connectivity index (χ0n) is 16.5. The van der Waals surface area contributed by atoms with Crippen molar-refractivity contribution in [2.45, 2.75) is 6.54 Å². The van der Waals surface area contributed by atoms with Crippen LogP contribution in [0.5, 0.6) is 0 Å². The summed E-state index contributed by atoms with van der Waals surface area (Å²) >= 11 is 0. The van der Waals surface area contributed by atoms with Gasteiger partial charge in [-0.3, -0.25) is 9.59 Å². The van der Waals surface area contributed by atoms with Crippen molar-refractivity contribution in [3.63, 3.8) is 0 Å². The molecule has 154 valence electrons. The van der Waals surface area contributed by atoms with Gasteiger partial charge >= 0.3 is 0 Å². The lowest BCUT2D eigenvalue weighted by Gasteiger charge is -2.09. The fourth-order valence-corrected chi connectivity index (χ4v) is 2.91. The van der Waals surface area contributed by atoms with Gasteiger partial charge in [0.05, 0.1) is 23.3 Å². The number of rotatable bonds is 6. The number of nitrogen functional groups attached to an aromatic ring is 1. The number of para-hydroxylation sites is 3. The van der Waals surface area contributed by atoms with Crippen LogP contribution < -0.4 is 16.4 Å². The number of aromatic nitrogens is 3. The normalized spacial score (nSPS) is 10.5. The zero-order chi connectivity index (χ0) is 21.6. The van der Waals surface area contributed by atoms with Gasteiger partial charge in [0.15, 0.2) is 5.69 Å². The van der Waals surface area contributed by atoms with Crippen LogP contribution in [0.4, 0.5) is 11.4 Å². The molecule has 0 bridgehead atoms. The summed E-state index contributed by atoms with van der Waals surface area (Å²) in [5.41, 5.74) is 9.25. The van der Waals surface area contributed by atoms with Crippen molar-refractivity contribution in [2.75, 3.05) is 11.1 Å². The van der Waals surface area contributed by atoms with Crippen LogP contribution in [-0.4, -0.2) is 26.8 Å². The van der Waals surface area contributed by atoms with E-state index in [0.717, 1.165) is 11.3 Å². The van der Waals surface area contributed by atoms with Crippen LogP contribution in [-0.2, 0) is 6.54 Å². The van der Waals surface area contributed by atoms with E-state index in [0.29, 0.717) is 23.5 Å². The number of nitrogens with one attached hydrogen (secondary N) is 2. The molecule has 8 nitrogen and oxygen atoms in total. The third-order valence-corrected chi connectivity index (χ3v) is 4.59. The van der Waals surface area contributed by atoms with Crippen LogP contribution in [0.2, 0.25) is 0 Å². The molecule has 0 aliphatic rings. The van der Waals surface area contributed by atoms with Crippen molar-refractivity contribution in [3.8, 4) is 5.69 Å². The highest BCUT2D eigenvalue weighted by Crippen LogP contribution is 2.18. The summed E-state index contributed by atoms with van der Waals surface area (Å²) in [5, 5.41) is 13.9. The molecule has 4 N–H and O–H groups in total. The van der Waals surface area contributed by atoms with E-state index < -0.39 is 0 Å². The maximum absolute atomic E-state index is 12.4. The number of hydrogen-bond donors (Lipinski definition) is 3. The first-order valence-corrected chi connectivity index (χ1v) is 9.61. The molecule has 3 aromatic carbocycles. The SMILES string of the molecule is Nc1ccccc1NC(=O)c1ccc(CNC(=O)c2cnn(-c3ccccc3)n2)cc1. The van der Waals surface area contributed by atoms with Gasteiger partial charge in [-0.1, -0.05) is 42.5 Å². The highest BCUT2D eigenvalue weighted by atomic mass is 16.2. The highest BCUT2D eigenvalue weighted by molar-refractivity contribution is 6.05. The molecule has 0 saturated heterocycles. The molecular weight excluding hydrogens is 392 g/mol. The van der Waals surface area contributed by atoms with Crippen molar-refractivity contribution in [1.82, 2.24) is 20.3 Å². The van der Waals surface area contributed by atoms with Crippen molar-refractivity contribution in [1.29, 1.82) is 0 Å². The van der Waals surface area contributed by atoms with Crippen LogP contribution in [0.15, 0.2) is 85.1 Å². The Morgan fingerprint density at radius 2 is 1.58 bits per heavy atom. The third kappa shape index (κ3) is 4.76. The summed E-state index contributed by atoms with van der Waals surface area (Å²) in [5.74, 6) is -0.588. The first kappa shape index (κ1) is 19.8. The summed E-state index contributed by atoms with van der Waals surface area (Å²) < 4.78 is 0. The molecule has 0 aliphatic carbocycles. The average Bonchev–Trinajstić information content (AvgIpc) is 3.30. The monoisotopic (exact) mass is 412 g/mol. The second kappa shape index (κ2) is 8.91. The minimum atomic E-state index is -0.330. The number of nitrogens with zero attached hydrogens (tertiary/aromatic N) is 3. The molecular formula is C23H20N6O2. The van der Waals surface area contributed by atoms with Gasteiger partial charge in [0.25, 0.3) is 11.8 Å².